The van der Waals surface area contributed by atoms with Gasteiger partial charge in [-0.05, 0) is 24.3 Å². The van der Waals surface area contributed by atoms with Crippen LogP contribution in [0, 0.1) is 0 Å². The van der Waals surface area contributed by atoms with E-state index in [0.29, 0.717) is 33.3 Å². The molecule has 148 valence electrons. The fourth-order valence-electron chi connectivity index (χ4n) is 3.44. The standard InChI is InChI=1S/C20H22ClN3O4/c1-22-17(25)11-24-15-8-6-5-7-13(15)20(26)23(2)19(24)12-9-14(21)18(28-4)16(10-12)27-3/h5-10,19H,11H2,1-4H3,(H,22,25)/t19-/m0/s1. The van der Waals surface area contributed by atoms with Gasteiger partial charge >= 0.3 is 0 Å². The summed E-state index contributed by atoms with van der Waals surface area (Å²) in [5.74, 6) is 0.550. The summed E-state index contributed by atoms with van der Waals surface area (Å²) in [6, 6.07) is 10.7. The van der Waals surface area contributed by atoms with Gasteiger partial charge in [-0.15, -0.1) is 0 Å². The van der Waals surface area contributed by atoms with Gasteiger partial charge in [0.1, 0.15) is 6.17 Å². The Kier molecular flexibility index (Phi) is 5.65. The molecule has 0 aromatic heterocycles. The molecule has 1 atom stereocenters. The van der Waals surface area contributed by atoms with Crippen molar-refractivity contribution in [2.45, 2.75) is 6.17 Å². The van der Waals surface area contributed by atoms with Crippen molar-refractivity contribution in [1.29, 1.82) is 0 Å². The van der Waals surface area contributed by atoms with Gasteiger partial charge in [0.15, 0.2) is 11.5 Å². The first-order valence-electron chi connectivity index (χ1n) is 8.67. The maximum atomic E-state index is 13.0. The van der Waals surface area contributed by atoms with E-state index in [-0.39, 0.29) is 18.4 Å². The summed E-state index contributed by atoms with van der Waals surface area (Å²) in [6.45, 7) is 0.0712. The number of methoxy groups -OCH3 is 2. The number of benzene rings is 2. The number of nitrogens with zero attached hydrogens (tertiary/aromatic N) is 2. The first-order valence-corrected chi connectivity index (χ1v) is 9.05. The molecule has 2 aromatic rings. The van der Waals surface area contributed by atoms with Crippen molar-refractivity contribution in [3.63, 3.8) is 0 Å². The van der Waals surface area contributed by atoms with Crippen molar-refractivity contribution in [1.82, 2.24) is 10.2 Å². The van der Waals surface area contributed by atoms with Gasteiger partial charge in [-0.25, -0.2) is 0 Å². The Morgan fingerprint density at radius 2 is 1.93 bits per heavy atom. The fourth-order valence-corrected chi connectivity index (χ4v) is 3.74. The predicted molar refractivity (Wildman–Crippen MR) is 107 cm³/mol. The van der Waals surface area contributed by atoms with E-state index in [1.54, 1.807) is 43.3 Å². The monoisotopic (exact) mass is 403 g/mol. The highest BCUT2D eigenvalue weighted by Crippen LogP contribution is 2.43. The van der Waals surface area contributed by atoms with Crippen LogP contribution in [-0.2, 0) is 4.79 Å². The molecule has 28 heavy (non-hydrogen) atoms. The third-order valence-electron chi connectivity index (χ3n) is 4.77. The lowest BCUT2D eigenvalue weighted by Gasteiger charge is -2.44. The number of likely N-dealkylation sites (N-methyl/N-ethyl adjacent to an activating group) is 1. The molecule has 2 amide bonds. The SMILES string of the molecule is CNC(=O)CN1c2ccccc2C(=O)N(C)[C@@H]1c1cc(Cl)c(OC)c(OC)c1. The third-order valence-corrected chi connectivity index (χ3v) is 5.05. The first-order chi connectivity index (χ1) is 13.4. The lowest BCUT2D eigenvalue weighted by Crippen LogP contribution is -2.50. The van der Waals surface area contributed by atoms with E-state index < -0.39 is 6.17 Å². The Bertz CT molecular complexity index is 918. The van der Waals surface area contributed by atoms with E-state index in [1.165, 1.54) is 14.2 Å². The van der Waals surface area contributed by atoms with Crippen LogP contribution >= 0.6 is 11.6 Å². The quantitative estimate of drug-likeness (QED) is 0.831. The number of fused-ring (bicyclic) bond motifs is 1. The second kappa shape index (κ2) is 7.98. The van der Waals surface area contributed by atoms with Gasteiger partial charge in [0.2, 0.25) is 5.91 Å². The van der Waals surface area contributed by atoms with Gasteiger partial charge in [-0.2, -0.15) is 0 Å². The minimum absolute atomic E-state index is 0.0712. The van der Waals surface area contributed by atoms with E-state index in [0.717, 1.165) is 0 Å². The molecular formula is C20H22ClN3O4. The van der Waals surface area contributed by atoms with Gasteiger partial charge in [0.05, 0.1) is 37.0 Å². The molecule has 3 rings (SSSR count). The summed E-state index contributed by atoms with van der Waals surface area (Å²) in [5, 5.41) is 3.00. The number of carbonyl (C=O) groups excluding carboxylic acids is 2. The molecule has 1 aliphatic rings. The summed E-state index contributed by atoms with van der Waals surface area (Å²) in [7, 11) is 6.30. The van der Waals surface area contributed by atoms with Crippen molar-refractivity contribution in [3.8, 4) is 11.5 Å². The lowest BCUT2D eigenvalue weighted by molar-refractivity contribution is -0.119. The van der Waals surface area contributed by atoms with Gasteiger partial charge in [0, 0.05) is 19.7 Å². The van der Waals surface area contributed by atoms with E-state index in [1.807, 2.05) is 17.0 Å². The number of hydrogen-bond acceptors (Lipinski definition) is 5. The zero-order chi connectivity index (χ0) is 20.4. The second-order valence-corrected chi connectivity index (χ2v) is 6.75. The maximum absolute atomic E-state index is 13.0. The minimum Gasteiger partial charge on any atom is -0.493 e. The van der Waals surface area contributed by atoms with Crippen molar-refractivity contribution >= 4 is 29.1 Å². The number of hydrogen-bond donors (Lipinski definition) is 1. The van der Waals surface area contributed by atoms with Crippen LogP contribution in [0.1, 0.15) is 22.1 Å². The Balaban J connectivity index is 2.18. The molecule has 1 aliphatic heterocycles. The molecule has 0 radical (unpaired) electrons. The van der Waals surface area contributed by atoms with Crippen LogP contribution in [0.4, 0.5) is 5.69 Å². The summed E-state index contributed by atoms with van der Waals surface area (Å²) >= 11 is 6.39. The molecule has 0 unspecified atom stereocenters. The lowest BCUT2D eigenvalue weighted by atomic mass is 10.0. The number of para-hydroxylation sites is 1. The highest BCUT2D eigenvalue weighted by Gasteiger charge is 2.37. The van der Waals surface area contributed by atoms with E-state index >= 15 is 0 Å². The van der Waals surface area contributed by atoms with Gasteiger partial charge < -0.3 is 24.6 Å². The van der Waals surface area contributed by atoms with Crippen LogP contribution < -0.4 is 19.7 Å². The number of nitrogens with one attached hydrogen (secondary N) is 1. The summed E-state index contributed by atoms with van der Waals surface area (Å²) in [6.07, 6.45) is -0.544. The fraction of sp³-hybridized carbons (Fsp3) is 0.300. The average molecular weight is 404 g/mol. The Labute approximate surface area is 168 Å². The third kappa shape index (κ3) is 3.33. The van der Waals surface area contributed by atoms with Crippen LogP contribution in [-0.4, -0.2) is 51.6 Å². The predicted octanol–water partition coefficient (Wildman–Crippen LogP) is 2.69. The van der Waals surface area contributed by atoms with Gasteiger partial charge in [-0.1, -0.05) is 23.7 Å². The Morgan fingerprint density at radius 1 is 1.21 bits per heavy atom. The smallest absolute Gasteiger partial charge is 0.257 e. The minimum atomic E-state index is -0.544. The number of rotatable bonds is 5. The average Bonchev–Trinajstić information content (AvgIpc) is 2.71. The number of carbonyl (C=O) groups is 2. The molecule has 7 nitrogen and oxygen atoms in total. The van der Waals surface area contributed by atoms with Crippen LogP contribution in [0.25, 0.3) is 0 Å². The van der Waals surface area contributed by atoms with Crippen LogP contribution in [0.2, 0.25) is 5.02 Å². The maximum Gasteiger partial charge on any atom is 0.257 e. The van der Waals surface area contributed by atoms with Gasteiger partial charge in [0.25, 0.3) is 5.91 Å². The zero-order valence-electron chi connectivity index (χ0n) is 16.2. The van der Waals surface area contributed by atoms with Crippen LogP contribution in [0.5, 0.6) is 11.5 Å². The Hall–Kier alpha value is -2.93. The van der Waals surface area contributed by atoms with Crippen molar-refractivity contribution < 1.29 is 19.1 Å². The van der Waals surface area contributed by atoms with E-state index in [9.17, 15) is 9.59 Å². The molecule has 1 N–H and O–H groups in total. The molecule has 8 heteroatoms. The highest BCUT2D eigenvalue weighted by atomic mass is 35.5. The molecule has 1 heterocycles. The Morgan fingerprint density at radius 3 is 2.57 bits per heavy atom. The highest BCUT2D eigenvalue weighted by molar-refractivity contribution is 6.32. The molecule has 0 saturated heterocycles. The second-order valence-electron chi connectivity index (χ2n) is 6.35. The molecule has 0 bridgehead atoms. The zero-order valence-corrected chi connectivity index (χ0v) is 16.9. The summed E-state index contributed by atoms with van der Waals surface area (Å²) < 4.78 is 10.7. The normalized spacial score (nSPS) is 15.9. The number of amides is 2. The van der Waals surface area contributed by atoms with E-state index in [4.69, 9.17) is 21.1 Å². The molecule has 0 aliphatic carbocycles. The van der Waals surface area contributed by atoms with Gasteiger partial charge in [-0.3, -0.25) is 9.59 Å². The number of halogens is 1. The molecule has 0 spiro atoms. The molecule has 0 saturated carbocycles. The number of ether oxygens (including phenoxy) is 2. The topological polar surface area (TPSA) is 71.1 Å². The van der Waals surface area contributed by atoms with Crippen molar-refractivity contribution in [3.05, 3.63) is 52.5 Å². The summed E-state index contributed by atoms with van der Waals surface area (Å²) in [4.78, 5) is 28.6. The largest absolute Gasteiger partial charge is 0.493 e. The molecular weight excluding hydrogens is 382 g/mol. The van der Waals surface area contributed by atoms with Crippen molar-refractivity contribution in [2.24, 2.45) is 0 Å². The molecule has 0 fully saturated rings. The van der Waals surface area contributed by atoms with E-state index in [2.05, 4.69) is 5.32 Å². The van der Waals surface area contributed by atoms with Crippen LogP contribution in [0.3, 0.4) is 0 Å². The van der Waals surface area contributed by atoms with Crippen molar-refractivity contribution in [2.75, 3.05) is 39.8 Å². The number of anilines is 1. The summed E-state index contributed by atoms with van der Waals surface area (Å²) in [5.41, 5.74) is 1.93. The molecule has 2 aromatic carbocycles. The van der Waals surface area contributed by atoms with Crippen LogP contribution in [0.15, 0.2) is 36.4 Å². The first kappa shape index (κ1) is 19.8.